The minimum Gasteiger partial charge on any atom is -0.480 e. The summed E-state index contributed by atoms with van der Waals surface area (Å²) in [5.74, 6) is -4.67. The zero-order valence-electron chi connectivity index (χ0n) is 33.3. The topological polar surface area (TPSA) is 264 Å². The number of carboxylic acids is 1. The molecule has 0 spiro atoms. The normalized spacial score (nSPS) is 15.5. The molecule has 55 heavy (non-hydrogen) atoms. The van der Waals surface area contributed by atoms with Crippen LogP contribution >= 0.6 is 11.8 Å². The van der Waals surface area contributed by atoms with E-state index in [1.807, 2.05) is 27.0 Å². The van der Waals surface area contributed by atoms with Crippen LogP contribution in [0.1, 0.15) is 85.6 Å². The highest BCUT2D eigenvalue weighted by Crippen LogP contribution is 2.12. The van der Waals surface area contributed by atoms with E-state index in [4.69, 9.17) is 11.5 Å². The van der Waals surface area contributed by atoms with E-state index in [0.29, 0.717) is 50.0 Å². The third-order valence-corrected chi connectivity index (χ3v) is 9.73. The highest BCUT2D eigenvalue weighted by Gasteiger charge is 2.34. The fraction of sp³-hybridized carbons (Fsp3) is 0.658. The maximum absolute atomic E-state index is 13.8. The largest absolute Gasteiger partial charge is 0.480 e. The van der Waals surface area contributed by atoms with Crippen molar-refractivity contribution < 1.29 is 38.7 Å². The average molecular weight is 793 g/mol. The second-order valence-corrected chi connectivity index (χ2v) is 15.3. The lowest BCUT2D eigenvalue weighted by molar-refractivity contribution is -0.142. The van der Waals surface area contributed by atoms with Gasteiger partial charge in [-0.25, -0.2) is 4.79 Å². The van der Waals surface area contributed by atoms with Gasteiger partial charge in [-0.1, -0.05) is 64.4 Å². The van der Waals surface area contributed by atoms with Crippen LogP contribution in [-0.2, 0) is 40.0 Å². The molecule has 0 aliphatic rings. The summed E-state index contributed by atoms with van der Waals surface area (Å²) in [4.78, 5) is 91.5. The Morgan fingerprint density at radius 2 is 1.24 bits per heavy atom. The number of carbonyl (C=O) groups is 7. The molecular formula is C38H64N8O8S. The SMILES string of the molecule is CCC(C)C(NC(=O)C(CCCCN)NC(=O)C(CC(C)C)NC(=O)C(N)CCSC)C(=O)NC(C)C(=O)NC(C)C(=O)NC(Cc1ccccc1)C(=O)O. The molecule has 0 heterocycles. The van der Waals surface area contributed by atoms with Gasteiger partial charge in [0.2, 0.25) is 35.4 Å². The molecule has 1 aromatic carbocycles. The Morgan fingerprint density at radius 1 is 0.691 bits per heavy atom. The maximum Gasteiger partial charge on any atom is 0.326 e. The molecule has 0 radical (unpaired) electrons. The molecule has 8 unspecified atom stereocenters. The van der Waals surface area contributed by atoms with E-state index in [1.54, 1.807) is 49.0 Å². The van der Waals surface area contributed by atoms with Crippen molar-refractivity contribution in [1.82, 2.24) is 31.9 Å². The van der Waals surface area contributed by atoms with Gasteiger partial charge in [0, 0.05) is 6.42 Å². The first-order valence-corrected chi connectivity index (χ1v) is 20.4. The third-order valence-electron chi connectivity index (χ3n) is 9.08. The Labute approximate surface area is 329 Å². The molecule has 0 saturated carbocycles. The zero-order chi connectivity index (χ0) is 41.7. The first-order chi connectivity index (χ1) is 25.9. The van der Waals surface area contributed by atoms with E-state index in [1.165, 1.54) is 13.8 Å². The van der Waals surface area contributed by atoms with Gasteiger partial charge in [-0.05, 0) is 81.9 Å². The van der Waals surface area contributed by atoms with Crippen LogP contribution in [0.15, 0.2) is 30.3 Å². The van der Waals surface area contributed by atoms with Crippen molar-refractivity contribution in [3.05, 3.63) is 35.9 Å². The van der Waals surface area contributed by atoms with Gasteiger partial charge in [0.05, 0.1) is 6.04 Å². The Balaban J connectivity index is 3.04. The molecule has 16 nitrogen and oxygen atoms in total. The summed E-state index contributed by atoms with van der Waals surface area (Å²) in [7, 11) is 0. The summed E-state index contributed by atoms with van der Waals surface area (Å²) in [6.07, 6.45) is 4.45. The molecule has 0 aromatic heterocycles. The quantitative estimate of drug-likeness (QED) is 0.0586. The fourth-order valence-corrected chi connectivity index (χ4v) is 5.96. The minimum absolute atomic E-state index is 0.0272. The number of amides is 6. The summed E-state index contributed by atoms with van der Waals surface area (Å²) >= 11 is 1.55. The number of unbranched alkanes of at least 4 members (excludes halogenated alkanes) is 1. The third kappa shape index (κ3) is 18.3. The highest BCUT2D eigenvalue weighted by atomic mass is 32.2. The van der Waals surface area contributed by atoms with Crippen molar-refractivity contribution in [3.8, 4) is 0 Å². The van der Waals surface area contributed by atoms with Crippen LogP contribution in [0.25, 0.3) is 0 Å². The number of thioether (sulfide) groups is 1. The average Bonchev–Trinajstić information content (AvgIpc) is 3.14. The lowest BCUT2D eigenvalue weighted by Crippen LogP contribution is -2.60. The van der Waals surface area contributed by atoms with Crippen LogP contribution in [0.3, 0.4) is 0 Å². The van der Waals surface area contributed by atoms with Crippen molar-refractivity contribution >= 4 is 53.2 Å². The second-order valence-electron chi connectivity index (χ2n) is 14.3. The molecule has 0 bridgehead atoms. The van der Waals surface area contributed by atoms with Gasteiger partial charge in [0.25, 0.3) is 0 Å². The van der Waals surface area contributed by atoms with Crippen LogP contribution < -0.4 is 43.4 Å². The predicted octanol–water partition coefficient (Wildman–Crippen LogP) is 0.564. The number of benzene rings is 1. The van der Waals surface area contributed by atoms with E-state index < -0.39 is 89.6 Å². The van der Waals surface area contributed by atoms with E-state index in [-0.39, 0.29) is 18.8 Å². The van der Waals surface area contributed by atoms with Gasteiger partial charge in [0.15, 0.2) is 0 Å². The molecule has 8 atom stereocenters. The second kappa shape index (κ2) is 25.8. The molecule has 0 aliphatic carbocycles. The van der Waals surface area contributed by atoms with Gasteiger partial charge in [-0.2, -0.15) is 11.8 Å². The van der Waals surface area contributed by atoms with Gasteiger partial charge >= 0.3 is 5.97 Å². The summed E-state index contributed by atoms with van der Waals surface area (Å²) in [6, 6.07) is 1.35. The number of carboxylic acid groups (broad SMARTS) is 1. The smallest absolute Gasteiger partial charge is 0.326 e. The van der Waals surface area contributed by atoms with Crippen molar-refractivity contribution in [1.29, 1.82) is 0 Å². The monoisotopic (exact) mass is 792 g/mol. The molecule has 0 saturated heterocycles. The highest BCUT2D eigenvalue weighted by molar-refractivity contribution is 7.98. The Bertz CT molecular complexity index is 1400. The van der Waals surface area contributed by atoms with E-state index in [0.717, 1.165) is 0 Å². The van der Waals surface area contributed by atoms with Crippen LogP contribution in [0.2, 0.25) is 0 Å². The summed E-state index contributed by atoms with van der Waals surface area (Å²) in [6.45, 7) is 10.6. The molecular weight excluding hydrogens is 729 g/mol. The lowest BCUT2D eigenvalue weighted by atomic mass is 9.96. The van der Waals surface area contributed by atoms with E-state index in [9.17, 15) is 38.7 Å². The summed E-state index contributed by atoms with van der Waals surface area (Å²) in [5.41, 5.74) is 12.4. The van der Waals surface area contributed by atoms with Crippen LogP contribution in [0.5, 0.6) is 0 Å². The van der Waals surface area contributed by atoms with E-state index in [2.05, 4.69) is 31.9 Å². The minimum atomic E-state index is -1.24. The molecule has 310 valence electrons. The summed E-state index contributed by atoms with van der Waals surface area (Å²) < 4.78 is 0. The molecule has 0 aliphatic heterocycles. The number of rotatable bonds is 26. The standard InChI is InChI=1S/C38H64N8O8S/c1-8-23(4)31(37(52)42-24(5)32(47)41-25(6)33(48)45-30(38(53)54)21-26-14-10-9-11-15-26)46-35(50)28(16-12-13-18-39)43-36(51)29(20-22(2)3)44-34(49)27(40)17-19-55-7/h9-11,14-15,22-25,27-31H,8,12-13,16-21,39-40H2,1-7H3,(H,41,47)(H,42,52)(H,43,51)(H,44,49)(H,45,48)(H,46,50)(H,53,54). The molecule has 17 heteroatoms. The maximum atomic E-state index is 13.8. The van der Waals surface area contributed by atoms with Crippen LogP contribution in [-0.4, -0.2) is 107 Å². The lowest BCUT2D eigenvalue weighted by Gasteiger charge is -2.29. The number of hydrogen-bond acceptors (Lipinski definition) is 10. The first-order valence-electron chi connectivity index (χ1n) is 19.0. The van der Waals surface area contributed by atoms with Gasteiger partial charge in [-0.15, -0.1) is 0 Å². The number of nitrogens with one attached hydrogen (secondary N) is 6. The number of carbonyl (C=O) groups excluding carboxylic acids is 6. The number of hydrogen-bond donors (Lipinski definition) is 9. The van der Waals surface area contributed by atoms with Crippen LogP contribution in [0, 0.1) is 11.8 Å². The van der Waals surface area contributed by atoms with Crippen LogP contribution in [0.4, 0.5) is 0 Å². The van der Waals surface area contributed by atoms with Crippen molar-refractivity contribution in [2.24, 2.45) is 23.3 Å². The van der Waals surface area contributed by atoms with E-state index >= 15 is 0 Å². The molecule has 1 aromatic rings. The Hall–Kier alpha value is -4.22. The molecule has 1 rings (SSSR count). The van der Waals surface area contributed by atoms with Gasteiger partial charge in [-0.3, -0.25) is 28.8 Å². The summed E-state index contributed by atoms with van der Waals surface area (Å²) in [5, 5.41) is 25.5. The van der Waals surface area contributed by atoms with Crippen molar-refractivity contribution in [3.63, 3.8) is 0 Å². The predicted molar refractivity (Wildman–Crippen MR) is 214 cm³/mol. The first kappa shape index (κ1) is 48.8. The van der Waals surface area contributed by atoms with Gasteiger partial charge in [0.1, 0.15) is 36.3 Å². The number of nitrogens with two attached hydrogens (primary N) is 2. The zero-order valence-corrected chi connectivity index (χ0v) is 34.1. The number of aliphatic carboxylic acids is 1. The van der Waals surface area contributed by atoms with Crippen molar-refractivity contribution in [2.75, 3.05) is 18.6 Å². The van der Waals surface area contributed by atoms with Crippen molar-refractivity contribution in [2.45, 2.75) is 129 Å². The molecule has 0 fully saturated rings. The molecule has 11 N–H and O–H groups in total. The Morgan fingerprint density at radius 3 is 1.78 bits per heavy atom. The fourth-order valence-electron chi connectivity index (χ4n) is 5.47. The molecule has 6 amide bonds. The van der Waals surface area contributed by atoms with Gasteiger partial charge < -0.3 is 48.5 Å². The Kier molecular flexibility index (Phi) is 22.9.